The van der Waals surface area contributed by atoms with Crippen LogP contribution in [0.5, 0.6) is 0 Å². The van der Waals surface area contributed by atoms with Crippen LogP contribution in [-0.2, 0) is 5.75 Å². The minimum Gasteiger partial charge on any atom is -0.361 e. The average molecular weight is 370 g/mol. The zero-order valence-electron chi connectivity index (χ0n) is 14.8. The number of benzene rings is 2. The van der Waals surface area contributed by atoms with Crippen LogP contribution in [0.2, 0.25) is 0 Å². The van der Waals surface area contributed by atoms with Gasteiger partial charge in [0.1, 0.15) is 11.6 Å². The van der Waals surface area contributed by atoms with E-state index in [1.165, 1.54) is 17.8 Å². The van der Waals surface area contributed by atoms with Crippen LogP contribution in [0.1, 0.15) is 32.9 Å². The van der Waals surface area contributed by atoms with Gasteiger partial charge in [0.05, 0.1) is 16.9 Å². The van der Waals surface area contributed by atoms with E-state index < -0.39 is 5.82 Å². The van der Waals surface area contributed by atoms with E-state index in [2.05, 4.69) is 10.5 Å². The first-order chi connectivity index (χ1) is 12.5. The third-order valence-electron chi connectivity index (χ3n) is 4.05. The molecule has 1 heterocycles. The monoisotopic (exact) mass is 370 g/mol. The van der Waals surface area contributed by atoms with E-state index >= 15 is 0 Å². The SMILES string of the molecule is Cc1ccc(F)c(NC(=O)c2ccccc2SCc2c(C)noc2C)c1. The molecule has 0 spiro atoms. The smallest absolute Gasteiger partial charge is 0.256 e. The van der Waals surface area contributed by atoms with Crippen LogP contribution in [-0.4, -0.2) is 11.1 Å². The maximum absolute atomic E-state index is 13.9. The lowest BCUT2D eigenvalue weighted by atomic mass is 10.2. The van der Waals surface area contributed by atoms with Gasteiger partial charge in [0.2, 0.25) is 0 Å². The summed E-state index contributed by atoms with van der Waals surface area (Å²) in [6, 6.07) is 11.9. The summed E-state index contributed by atoms with van der Waals surface area (Å²) in [6.07, 6.45) is 0. The van der Waals surface area contributed by atoms with Crippen LogP contribution in [0.15, 0.2) is 51.9 Å². The molecular weight excluding hydrogens is 351 g/mol. The largest absolute Gasteiger partial charge is 0.361 e. The Balaban J connectivity index is 1.80. The van der Waals surface area contributed by atoms with Gasteiger partial charge in [-0.25, -0.2) is 4.39 Å². The number of aryl methyl sites for hydroxylation is 3. The summed E-state index contributed by atoms with van der Waals surface area (Å²) in [6.45, 7) is 5.61. The Labute approximate surface area is 155 Å². The van der Waals surface area contributed by atoms with Gasteiger partial charge < -0.3 is 9.84 Å². The van der Waals surface area contributed by atoms with E-state index in [1.807, 2.05) is 32.9 Å². The second-order valence-corrected chi connectivity index (χ2v) is 7.04. The second-order valence-electron chi connectivity index (χ2n) is 6.02. The molecule has 0 aliphatic heterocycles. The van der Waals surface area contributed by atoms with Crippen molar-refractivity contribution in [3.05, 3.63) is 76.4 Å². The van der Waals surface area contributed by atoms with E-state index in [4.69, 9.17) is 4.52 Å². The number of amides is 1. The van der Waals surface area contributed by atoms with Gasteiger partial charge in [-0.05, 0) is 50.6 Å². The fraction of sp³-hybridized carbons (Fsp3) is 0.200. The van der Waals surface area contributed by atoms with E-state index in [9.17, 15) is 9.18 Å². The Morgan fingerprint density at radius 2 is 1.96 bits per heavy atom. The van der Waals surface area contributed by atoms with Crippen molar-refractivity contribution in [1.82, 2.24) is 5.16 Å². The van der Waals surface area contributed by atoms with Crippen molar-refractivity contribution in [2.75, 3.05) is 5.32 Å². The highest BCUT2D eigenvalue weighted by Crippen LogP contribution is 2.29. The number of hydrogen-bond acceptors (Lipinski definition) is 4. The first-order valence-corrected chi connectivity index (χ1v) is 9.15. The topological polar surface area (TPSA) is 55.1 Å². The third-order valence-corrected chi connectivity index (χ3v) is 5.15. The Morgan fingerprint density at radius 1 is 1.19 bits per heavy atom. The molecule has 3 rings (SSSR count). The molecule has 26 heavy (non-hydrogen) atoms. The first-order valence-electron chi connectivity index (χ1n) is 8.17. The van der Waals surface area contributed by atoms with Crippen molar-refractivity contribution in [2.24, 2.45) is 0 Å². The van der Waals surface area contributed by atoms with E-state index in [0.717, 1.165) is 27.5 Å². The van der Waals surface area contributed by atoms with Gasteiger partial charge in [-0.1, -0.05) is 23.4 Å². The first kappa shape index (κ1) is 18.2. The van der Waals surface area contributed by atoms with Crippen molar-refractivity contribution >= 4 is 23.4 Å². The highest BCUT2D eigenvalue weighted by Gasteiger charge is 2.15. The van der Waals surface area contributed by atoms with E-state index in [0.29, 0.717) is 11.3 Å². The Kier molecular flexibility index (Phi) is 5.42. The molecule has 0 fully saturated rings. The van der Waals surface area contributed by atoms with Crippen LogP contribution in [0.25, 0.3) is 0 Å². The maximum Gasteiger partial charge on any atom is 0.256 e. The van der Waals surface area contributed by atoms with Gasteiger partial charge in [0.25, 0.3) is 5.91 Å². The number of nitrogens with one attached hydrogen (secondary N) is 1. The summed E-state index contributed by atoms with van der Waals surface area (Å²) >= 11 is 1.52. The van der Waals surface area contributed by atoms with Gasteiger partial charge in [-0.2, -0.15) is 0 Å². The van der Waals surface area contributed by atoms with Gasteiger partial charge in [-0.15, -0.1) is 11.8 Å². The summed E-state index contributed by atoms with van der Waals surface area (Å²) in [7, 11) is 0. The number of aromatic nitrogens is 1. The van der Waals surface area contributed by atoms with Gasteiger partial charge in [-0.3, -0.25) is 4.79 Å². The van der Waals surface area contributed by atoms with Crippen LogP contribution in [0.3, 0.4) is 0 Å². The zero-order valence-corrected chi connectivity index (χ0v) is 15.6. The third kappa shape index (κ3) is 3.96. The fourth-order valence-corrected chi connectivity index (χ4v) is 3.77. The number of nitrogens with zero attached hydrogens (tertiary/aromatic N) is 1. The molecule has 3 aromatic rings. The van der Waals surface area contributed by atoms with Crippen molar-refractivity contribution in [2.45, 2.75) is 31.4 Å². The summed E-state index contributed by atoms with van der Waals surface area (Å²) in [5, 5.41) is 6.62. The van der Waals surface area contributed by atoms with Crippen LogP contribution in [0, 0.1) is 26.6 Å². The fourth-order valence-electron chi connectivity index (χ4n) is 2.56. The zero-order chi connectivity index (χ0) is 18.7. The quantitative estimate of drug-likeness (QED) is 0.621. The molecule has 1 N–H and O–H groups in total. The second kappa shape index (κ2) is 7.74. The molecule has 0 atom stereocenters. The molecule has 0 radical (unpaired) electrons. The molecule has 1 amide bonds. The van der Waals surface area contributed by atoms with Crippen LogP contribution in [0.4, 0.5) is 10.1 Å². The van der Waals surface area contributed by atoms with Gasteiger partial charge in [0.15, 0.2) is 0 Å². The molecule has 4 nitrogen and oxygen atoms in total. The lowest BCUT2D eigenvalue weighted by molar-refractivity contribution is 0.102. The van der Waals surface area contributed by atoms with E-state index in [1.54, 1.807) is 24.3 Å². The standard InChI is InChI=1S/C20H19FN2O2S/c1-12-8-9-17(21)18(10-12)22-20(24)15-6-4-5-7-19(15)26-11-16-13(2)23-25-14(16)3/h4-10H,11H2,1-3H3,(H,22,24). The number of carbonyl (C=O) groups excluding carboxylic acids is 1. The summed E-state index contributed by atoms with van der Waals surface area (Å²) < 4.78 is 19.1. The predicted molar refractivity (Wildman–Crippen MR) is 101 cm³/mol. The molecule has 2 aromatic carbocycles. The number of carbonyl (C=O) groups is 1. The summed E-state index contributed by atoms with van der Waals surface area (Å²) in [4.78, 5) is 13.5. The van der Waals surface area contributed by atoms with Crippen molar-refractivity contribution < 1.29 is 13.7 Å². The Bertz CT molecular complexity index is 933. The number of anilines is 1. The minimum absolute atomic E-state index is 0.181. The van der Waals surface area contributed by atoms with E-state index in [-0.39, 0.29) is 11.6 Å². The Morgan fingerprint density at radius 3 is 2.69 bits per heavy atom. The normalized spacial score (nSPS) is 10.8. The van der Waals surface area contributed by atoms with Crippen molar-refractivity contribution in [3.8, 4) is 0 Å². The number of hydrogen-bond donors (Lipinski definition) is 1. The highest BCUT2D eigenvalue weighted by atomic mass is 32.2. The minimum atomic E-state index is -0.454. The predicted octanol–water partition coefficient (Wildman–Crippen LogP) is 5.28. The maximum atomic E-state index is 13.9. The Hall–Kier alpha value is -2.60. The number of rotatable bonds is 5. The molecule has 0 aliphatic carbocycles. The molecule has 6 heteroatoms. The van der Waals surface area contributed by atoms with Crippen molar-refractivity contribution in [1.29, 1.82) is 0 Å². The number of thioether (sulfide) groups is 1. The molecule has 134 valence electrons. The van der Waals surface area contributed by atoms with Gasteiger partial charge in [0, 0.05) is 16.2 Å². The molecular formula is C20H19FN2O2S. The highest BCUT2D eigenvalue weighted by molar-refractivity contribution is 7.98. The lowest BCUT2D eigenvalue weighted by Crippen LogP contribution is -2.14. The molecule has 0 aliphatic rings. The molecule has 0 saturated carbocycles. The van der Waals surface area contributed by atoms with Gasteiger partial charge >= 0.3 is 0 Å². The summed E-state index contributed by atoms with van der Waals surface area (Å²) in [5.74, 6) is 0.629. The molecule has 0 unspecified atom stereocenters. The average Bonchev–Trinajstić information content (AvgIpc) is 2.94. The summed E-state index contributed by atoms with van der Waals surface area (Å²) in [5.41, 5.74) is 3.43. The van der Waals surface area contributed by atoms with Crippen LogP contribution >= 0.6 is 11.8 Å². The molecule has 1 aromatic heterocycles. The number of halogens is 1. The van der Waals surface area contributed by atoms with Crippen molar-refractivity contribution in [3.63, 3.8) is 0 Å². The lowest BCUT2D eigenvalue weighted by Gasteiger charge is -2.11. The molecule has 0 bridgehead atoms. The molecule has 0 saturated heterocycles. The van der Waals surface area contributed by atoms with Crippen LogP contribution < -0.4 is 5.32 Å².